The minimum Gasteiger partial charge on any atom is -0.469 e. The van der Waals surface area contributed by atoms with E-state index in [2.05, 4.69) is 10.6 Å². The Morgan fingerprint density at radius 2 is 1.63 bits per heavy atom. The van der Waals surface area contributed by atoms with Crippen molar-refractivity contribution in [1.29, 1.82) is 0 Å². The van der Waals surface area contributed by atoms with E-state index in [1.165, 1.54) is 19.2 Å². The Balaban J connectivity index is 0.00000320. The Labute approximate surface area is 184 Å². The lowest BCUT2D eigenvalue weighted by Gasteiger charge is -2.27. The Kier molecular flexibility index (Phi) is 9.12. The number of benzene rings is 1. The molecule has 0 bridgehead atoms. The van der Waals surface area contributed by atoms with E-state index >= 15 is 0 Å². The van der Waals surface area contributed by atoms with Gasteiger partial charge in [0.25, 0.3) is 5.91 Å². The maximum Gasteiger partial charge on any atom is 0.308 e. The number of rotatable bonds is 6. The highest BCUT2D eigenvalue weighted by molar-refractivity contribution is 7.91. The van der Waals surface area contributed by atoms with Crippen molar-refractivity contribution in [3.8, 4) is 0 Å². The van der Waals surface area contributed by atoms with E-state index in [4.69, 9.17) is 4.74 Å². The number of esters is 1. The summed E-state index contributed by atoms with van der Waals surface area (Å²) in [7, 11) is -1.95. The van der Waals surface area contributed by atoms with Crippen LogP contribution in [-0.4, -0.2) is 52.3 Å². The molecule has 0 spiro atoms. The SMILES string of the molecule is COC(=O)C1CCC(NC(=O)c2ccc(S(=O)(=O)CC3CCNCC3)cc2)CC1.Cl. The smallest absolute Gasteiger partial charge is 0.308 e. The van der Waals surface area contributed by atoms with Gasteiger partial charge in [0.05, 0.1) is 23.7 Å². The molecule has 1 aliphatic heterocycles. The highest BCUT2D eigenvalue weighted by Crippen LogP contribution is 2.26. The number of sulfone groups is 1. The average Bonchev–Trinajstić information content (AvgIpc) is 2.74. The van der Waals surface area contributed by atoms with E-state index in [9.17, 15) is 18.0 Å². The number of halogens is 1. The maximum absolute atomic E-state index is 12.7. The van der Waals surface area contributed by atoms with Gasteiger partial charge in [0.1, 0.15) is 0 Å². The molecular weight excluding hydrogens is 428 g/mol. The van der Waals surface area contributed by atoms with E-state index in [1.807, 2.05) is 0 Å². The van der Waals surface area contributed by atoms with Crippen molar-refractivity contribution in [3.63, 3.8) is 0 Å². The Morgan fingerprint density at radius 1 is 1.03 bits per heavy atom. The fourth-order valence-corrected chi connectivity index (χ4v) is 5.87. The fourth-order valence-electron chi connectivity index (χ4n) is 4.18. The zero-order valence-electron chi connectivity index (χ0n) is 17.3. The van der Waals surface area contributed by atoms with Crippen LogP contribution in [0.1, 0.15) is 48.9 Å². The number of carbonyl (C=O) groups is 2. The molecule has 1 saturated heterocycles. The minimum absolute atomic E-state index is 0. The van der Waals surface area contributed by atoms with Crippen LogP contribution in [0.2, 0.25) is 0 Å². The fraction of sp³-hybridized carbons (Fsp3) is 0.619. The number of hydrogen-bond donors (Lipinski definition) is 2. The van der Waals surface area contributed by atoms with Gasteiger partial charge < -0.3 is 15.4 Å². The highest BCUT2D eigenvalue weighted by atomic mass is 35.5. The number of ether oxygens (including phenoxy) is 1. The Morgan fingerprint density at radius 3 is 2.20 bits per heavy atom. The Bertz CT molecular complexity index is 814. The van der Waals surface area contributed by atoms with Gasteiger partial charge in [0, 0.05) is 11.6 Å². The first-order valence-corrected chi connectivity index (χ1v) is 12.0. The van der Waals surface area contributed by atoms with E-state index in [0.29, 0.717) is 18.4 Å². The van der Waals surface area contributed by atoms with Gasteiger partial charge in [-0.1, -0.05) is 0 Å². The number of carbonyl (C=O) groups excluding carboxylic acids is 2. The summed E-state index contributed by atoms with van der Waals surface area (Å²) in [6.07, 6.45) is 4.61. The zero-order chi connectivity index (χ0) is 20.9. The summed E-state index contributed by atoms with van der Waals surface area (Å²) < 4.78 is 30.1. The molecule has 1 aliphatic carbocycles. The summed E-state index contributed by atoms with van der Waals surface area (Å²) in [4.78, 5) is 24.4. The molecule has 7 nitrogen and oxygen atoms in total. The molecule has 1 heterocycles. The largest absolute Gasteiger partial charge is 0.469 e. The van der Waals surface area contributed by atoms with Crippen LogP contribution in [0.4, 0.5) is 0 Å². The molecule has 1 aromatic carbocycles. The van der Waals surface area contributed by atoms with Crippen molar-refractivity contribution in [1.82, 2.24) is 10.6 Å². The van der Waals surface area contributed by atoms with Crippen LogP contribution >= 0.6 is 12.4 Å². The molecule has 3 rings (SSSR count). The standard InChI is InChI=1S/C21H30N2O5S.ClH/c1-28-21(25)17-2-6-18(7-3-17)23-20(24)16-4-8-19(9-5-16)29(26,27)14-15-10-12-22-13-11-15;/h4-5,8-9,15,17-18,22H,2-3,6-7,10-14H2,1H3,(H,23,24);1H. The number of hydrogen-bond acceptors (Lipinski definition) is 6. The maximum atomic E-state index is 12.7. The van der Waals surface area contributed by atoms with Crippen molar-refractivity contribution in [2.45, 2.75) is 49.5 Å². The van der Waals surface area contributed by atoms with Crippen LogP contribution in [0.3, 0.4) is 0 Å². The summed E-state index contributed by atoms with van der Waals surface area (Å²) >= 11 is 0. The summed E-state index contributed by atoms with van der Waals surface area (Å²) in [6, 6.07) is 6.22. The third-order valence-electron chi connectivity index (χ3n) is 5.99. The van der Waals surface area contributed by atoms with Gasteiger partial charge in [-0.2, -0.15) is 0 Å². The number of nitrogens with one attached hydrogen (secondary N) is 2. The molecule has 2 aliphatic rings. The first kappa shape index (κ1) is 24.6. The predicted octanol–water partition coefficient (Wildman–Crippen LogP) is 2.34. The second kappa shape index (κ2) is 11.1. The van der Waals surface area contributed by atoms with Gasteiger partial charge in [-0.05, 0) is 81.8 Å². The van der Waals surface area contributed by atoms with Crippen LogP contribution in [-0.2, 0) is 19.4 Å². The molecule has 1 saturated carbocycles. The third kappa shape index (κ3) is 6.43. The summed E-state index contributed by atoms with van der Waals surface area (Å²) in [5.41, 5.74) is 0.445. The lowest BCUT2D eigenvalue weighted by atomic mass is 9.86. The summed E-state index contributed by atoms with van der Waals surface area (Å²) in [6.45, 7) is 1.72. The topological polar surface area (TPSA) is 102 Å². The van der Waals surface area contributed by atoms with Gasteiger partial charge in [0.2, 0.25) is 0 Å². The monoisotopic (exact) mass is 458 g/mol. The number of piperidine rings is 1. The van der Waals surface area contributed by atoms with E-state index in [0.717, 1.165) is 38.8 Å². The van der Waals surface area contributed by atoms with Crippen molar-refractivity contribution in [3.05, 3.63) is 29.8 Å². The number of methoxy groups -OCH3 is 1. The zero-order valence-corrected chi connectivity index (χ0v) is 18.9. The molecule has 168 valence electrons. The second-order valence-electron chi connectivity index (χ2n) is 8.04. The lowest BCUT2D eigenvalue weighted by molar-refractivity contribution is -0.146. The molecule has 0 radical (unpaired) electrons. The quantitative estimate of drug-likeness (QED) is 0.634. The highest BCUT2D eigenvalue weighted by Gasteiger charge is 2.28. The van der Waals surface area contributed by atoms with Crippen molar-refractivity contribution < 1.29 is 22.7 Å². The molecular formula is C21H31ClN2O5S. The van der Waals surface area contributed by atoms with Crippen LogP contribution in [0.15, 0.2) is 29.2 Å². The molecule has 0 unspecified atom stereocenters. The van der Waals surface area contributed by atoms with Crippen molar-refractivity contribution in [2.75, 3.05) is 26.0 Å². The minimum atomic E-state index is -3.35. The average molecular weight is 459 g/mol. The first-order valence-electron chi connectivity index (χ1n) is 10.3. The Hall–Kier alpha value is -1.64. The number of amides is 1. The molecule has 30 heavy (non-hydrogen) atoms. The van der Waals surface area contributed by atoms with Crippen LogP contribution in [0.25, 0.3) is 0 Å². The van der Waals surface area contributed by atoms with Crippen LogP contribution in [0.5, 0.6) is 0 Å². The van der Waals surface area contributed by atoms with E-state index in [-0.39, 0.29) is 52.8 Å². The first-order chi connectivity index (χ1) is 13.9. The van der Waals surface area contributed by atoms with E-state index < -0.39 is 9.84 Å². The molecule has 0 aromatic heterocycles. The van der Waals surface area contributed by atoms with Gasteiger partial charge in [0.15, 0.2) is 9.84 Å². The van der Waals surface area contributed by atoms with Gasteiger partial charge >= 0.3 is 5.97 Å². The molecule has 9 heteroatoms. The van der Waals surface area contributed by atoms with Gasteiger partial charge in [-0.15, -0.1) is 12.4 Å². The third-order valence-corrected chi connectivity index (χ3v) is 7.89. The van der Waals surface area contributed by atoms with Crippen LogP contribution in [0, 0.1) is 11.8 Å². The molecule has 1 aromatic rings. The lowest BCUT2D eigenvalue weighted by Crippen LogP contribution is -2.38. The molecule has 1 amide bonds. The molecule has 2 fully saturated rings. The van der Waals surface area contributed by atoms with Crippen molar-refractivity contribution >= 4 is 34.1 Å². The van der Waals surface area contributed by atoms with Gasteiger partial charge in [-0.3, -0.25) is 9.59 Å². The molecule has 2 N–H and O–H groups in total. The normalized spacial score (nSPS) is 22.6. The second-order valence-corrected chi connectivity index (χ2v) is 10.1. The molecule has 0 atom stereocenters. The van der Waals surface area contributed by atoms with Crippen LogP contribution < -0.4 is 10.6 Å². The summed E-state index contributed by atoms with van der Waals surface area (Å²) in [5, 5.41) is 6.23. The van der Waals surface area contributed by atoms with E-state index in [1.54, 1.807) is 12.1 Å². The predicted molar refractivity (Wildman–Crippen MR) is 117 cm³/mol. The van der Waals surface area contributed by atoms with Gasteiger partial charge in [-0.25, -0.2) is 8.42 Å². The summed E-state index contributed by atoms with van der Waals surface area (Å²) in [5.74, 6) is -0.143. The van der Waals surface area contributed by atoms with Crippen molar-refractivity contribution in [2.24, 2.45) is 11.8 Å².